The van der Waals surface area contributed by atoms with Gasteiger partial charge < -0.3 is 4.72 Å². The summed E-state index contributed by atoms with van der Waals surface area (Å²) in [6.07, 6.45) is 5.94. The quantitative estimate of drug-likeness (QED) is 0.475. The van der Waals surface area contributed by atoms with Gasteiger partial charge in [0.2, 0.25) is 0 Å². The molecule has 0 saturated heterocycles. The highest BCUT2D eigenvalue weighted by atomic mass is 35.5. The van der Waals surface area contributed by atoms with Gasteiger partial charge >= 0.3 is 0 Å². The lowest BCUT2D eigenvalue weighted by atomic mass is 10.0. The van der Waals surface area contributed by atoms with Gasteiger partial charge in [-0.3, -0.25) is 4.98 Å². The van der Waals surface area contributed by atoms with Gasteiger partial charge in [0.05, 0.1) is 5.02 Å². The van der Waals surface area contributed by atoms with E-state index in [0.717, 1.165) is 16.1 Å². The molecule has 1 aliphatic carbocycles. The number of hydrogen-bond donors (Lipinski definition) is 1. The molecule has 4 rings (SSSR count). The monoisotopic (exact) mass is 432 g/mol. The number of hydrogen-bond acceptors (Lipinski definition) is 3. The molecule has 1 unspecified atom stereocenters. The molecule has 0 aliphatic heterocycles. The Labute approximate surface area is 178 Å². The smallest absolute Gasteiger partial charge is 0.113 e. The molecule has 2 aromatic heterocycles. The van der Waals surface area contributed by atoms with Gasteiger partial charge in [-0.05, 0) is 65.7 Å². The highest BCUT2D eigenvalue weighted by Crippen LogP contribution is 2.47. The molecule has 28 heavy (non-hydrogen) atoms. The largest absolute Gasteiger partial charge is 0.305 e. The summed E-state index contributed by atoms with van der Waals surface area (Å²) in [4.78, 5) is 5.68. The van der Waals surface area contributed by atoms with E-state index in [0.29, 0.717) is 5.02 Å². The molecule has 148 valence electrons. The lowest BCUT2D eigenvalue weighted by Gasteiger charge is -2.08. The molecule has 1 saturated carbocycles. The van der Waals surface area contributed by atoms with Crippen LogP contribution >= 0.6 is 22.9 Å². The van der Waals surface area contributed by atoms with Crippen LogP contribution in [-0.2, 0) is 16.4 Å². The molecule has 1 N–H and O–H groups in total. The fraction of sp³-hybridized carbons (Fsp3) is 0.318. The minimum atomic E-state index is -1.11. The third-order valence-corrected chi connectivity index (χ3v) is 6.61. The molecule has 1 atom stereocenters. The molecule has 0 amide bonds. The van der Waals surface area contributed by atoms with Gasteiger partial charge in [-0.2, -0.15) is 0 Å². The molecule has 1 aliphatic rings. The predicted octanol–water partition coefficient (Wildman–Crippen LogP) is 6.91. The first-order chi connectivity index (χ1) is 13.4. The molecule has 1 fully saturated rings. The van der Waals surface area contributed by atoms with Gasteiger partial charge in [-0.1, -0.05) is 32.4 Å². The van der Waals surface area contributed by atoms with Crippen molar-refractivity contribution in [2.24, 2.45) is 0 Å². The van der Waals surface area contributed by atoms with Gasteiger partial charge in [0.25, 0.3) is 0 Å². The summed E-state index contributed by atoms with van der Waals surface area (Å²) < 4.78 is 14.2. The number of benzene rings is 1. The Kier molecular flexibility index (Phi) is 6.58. The average Bonchev–Trinajstić information content (AvgIpc) is 3.25. The zero-order chi connectivity index (χ0) is 20.3. The number of halogens is 1. The molecule has 3 nitrogen and oxygen atoms in total. The van der Waals surface area contributed by atoms with Crippen molar-refractivity contribution in [1.29, 1.82) is 0 Å². The Morgan fingerprint density at radius 3 is 2.54 bits per heavy atom. The van der Waals surface area contributed by atoms with Crippen LogP contribution in [0.3, 0.4) is 0 Å². The molecule has 0 radical (unpaired) electrons. The van der Waals surface area contributed by atoms with Gasteiger partial charge in [0.15, 0.2) is 0 Å². The van der Waals surface area contributed by atoms with E-state index in [9.17, 15) is 4.21 Å². The Balaban J connectivity index is 0.00000109. The van der Waals surface area contributed by atoms with Crippen LogP contribution in [0.1, 0.15) is 39.3 Å². The average molecular weight is 433 g/mol. The van der Waals surface area contributed by atoms with Gasteiger partial charge in [0.1, 0.15) is 11.0 Å². The normalized spacial score (nSPS) is 15.3. The van der Waals surface area contributed by atoms with Crippen LogP contribution < -0.4 is 4.72 Å². The maximum Gasteiger partial charge on any atom is 0.113 e. The van der Waals surface area contributed by atoms with Crippen LogP contribution in [0.4, 0.5) is 5.69 Å². The maximum atomic E-state index is 11.3. The first kappa shape index (κ1) is 21.0. The van der Waals surface area contributed by atoms with Crippen molar-refractivity contribution in [3.05, 3.63) is 58.7 Å². The highest BCUT2D eigenvalue weighted by Gasteiger charge is 2.40. The maximum absolute atomic E-state index is 11.3. The Morgan fingerprint density at radius 2 is 1.89 bits per heavy atom. The number of rotatable bonds is 5. The summed E-state index contributed by atoms with van der Waals surface area (Å²) in [6.45, 7) is 6.27. The second-order valence-electron chi connectivity index (χ2n) is 6.94. The standard InChI is InChI=1S/C20H19ClN2OS2.C2H6/c1-20(6-7-20)19-10-13(5-8-22-19)14-9-18(25-12-14)16-4-3-15(11-17(16)21)23-26(2)24;1-2/h3-5,8-12,23H,6-7H2,1-2H3;1-2H3. The fourth-order valence-electron chi connectivity index (χ4n) is 2.96. The topological polar surface area (TPSA) is 42.0 Å². The van der Waals surface area contributed by atoms with Gasteiger partial charge in [0, 0.05) is 39.7 Å². The SMILES string of the molecule is CC.CS(=O)Nc1ccc(-c2cc(-c3ccnc(C4(C)CC4)c3)cs2)c(Cl)c1. The van der Waals surface area contributed by atoms with Crippen molar-refractivity contribution in [1.82, 2.24) is 4.98 Å². The van der Waals surface area contributed by atoms with Crippen molar-refractivity contribution < 1.29 is 4.21 Å². The van der Waals surface area contributed by atoms with E-state index in [1.54, 1.807) is 17.6 Å². The summed E-state index contributed by atoms with van der Waals surface area (Å²) in [5.41, 5.74) is 5.57. The van der Waals surface area contributed by atoms with Crippen molar-refractivity contribution in [3.8, 4) is 21.6 Å². The van der Waals surface area contributed by atoms with E-state index in [2.05, 4.69) is 40.2 Å². The van der Waals surface area contributed by atoms with Gasteiger partial charge in [-0.25, -0.2) is 4.21 Å². The zero-order valence-electron chi connectivity index (χ0n) is 16.6. The predicted molar refractivity (Wildman–Crippen MR) is 124 cm³/mol. The molecular weight excluding hydrogens is 408 g/mol. The summed E-state index contributed by atoms with van der Waals surface area (Å²) in [7, 11) is -1.11. The lowest BCUT2D eigenvalue weighted by Crippen LogP contribution is -2.02. The third-order valence-electron chi connectivity index (χ3n) is 4.81. The molecule has 0 bridgehead atoms. The van der Waals surface area contributed by atoms with E-state index in [1.807, 2.05) is 38.2 Å². The Morgan fingerprint density at radius 1 is 1.14 bits per heavy atom. The summed E-state index contributed by atoms with van der Waals surface area (Å²) in [5.74, 6) is 0. The van der Waals surface area contributed by atoms with Crippen molar-refractivity contribution in [3.63, 3.8) is 0 Å². The first-order valence-corrected chi connectivity index (χ1v) is 12.2. The van der Waals surface area contributed by atoms with Crippen LogP contribution in [-0.4, -0.2) is 15.4 Å². The highest BCUT2D eigenvalue weighted by molar-refractivity contribution is 7.85. The minimum absolute atomic E-state index is 0.264. The van der Waals surface area contributed by atoms with Crippen LogP contribution in [0.15, 0.2) is 48.0 Å². The number of anilines is 1. The fourth-order valence-corrected chi connectivity index (χ4v) is 4.71. The summed E-state index contributed by atoms with van der Waals surface area (Å²) in [6, 6.07) is 12.1. The van der Waals surface area contributed by atoms with E-state index < -0.39 is 11.0 Å². The van der Waals surface area contributed by atoms with Gasteiger partial charge in [-0.15, -0.1) is 11.3 Å². The molecule has 1 aromatic carbocycles. The van der Waals surface area contributed by atoms with Crippen molar-refractivity contribution in [2.75, 3.05) is 11.0 Å². The number of thiophene rings is 1. The summed E-state index contributed by atoms with van der Waals surface area (Å²) >= 11 is 8.13. The van der Waals surface area contributed by atoms with E-state index in [4.69, 9.17) is 11.6 Å². The van der Waals surface area contributed by atoms with Crippen LogP contribution in [0.25, 0.3) is 21.6 Å². The van der Waals surface area contributed by atoms with E-state index in [-0.39, 0.29) is 5.41 Å². The number of pyridine rings is 1. The van der Waals surface area contributed by atoms with E-state index >= 15 is 0 Å². The van der Waals surface area contributed by atoms with Crippen LogP contribution in [0.2, 0.25) is 5.02 Å². The molecular formula is C22H25ClN2OS2. The second kappa shape index (κ2) is 8.76. The van der Waals surface area contributed by atoms with Crippen LogP contribution in [0, 0.1) is 0 Å². The minimum Gasteiger partial charge on any atom is -0.305 e. The van der Waals surface area contributed by atoms with E-state index in [1.165, 1.54) is 29.7 Å². The zero-order valence-corrected chi connectivity index (χ0v) is 19.0. The third kappa shape index (κ3) is 4.65. The molecule has 3 aromatic rings. The lowest BCUT2D eigenvalue weighted by molar-refractivity contribution is 0.690. The van der Waals surface area contributed by atoms with Crippen molar-refractivity contribution >= 4 is 39.6 Å². The first-order valence-electron chi connectivity index (χ1n) is 9.40. The molecule has 2 heterocycles. The van der Waals surface area contributed by atoms with Crippen molar-refractivity contribution in [2.45, 2.75) is 39.0 Å². The number of aromatic nitrogens is 1. The number of nitrogens with zero attached hydrogens (tertiary/aromatic N) is 1. The second-order valence-corrected chi connectivity index (χ2v) is 9.37. The summed E-state index contributed by atoms with van der Waals surface area (Å²) in [5, 5.41) is 2.81. The number of nitrogens with one attached hydrogen (secondary N) is 1. The molecule has 6 heteroatoms. The Bertz CT molecular complexity index is 996. The molecule has 0 spiro atoms. The Hall–Kier alpha value is -1.69. The van der Waals surface area contributed by atoms with Crippen LogP contribution in [0.5, 0.6) is 0 Å².